The normalized spacial score (nSPS) is 11.3. The third-order valence-electron chi connectivity index (χ3n) is 3.89. The Morgan fingerprint density at radius 3 is 2.65 bits per heavy atom. The van der Waals surface area contributed by atoms with Crippen molar-refractivity contribution in [1.29, 1.82) is 0 Å². The molecule has 0 saturated carbocycles. The van der Waals surface area contributed by atoms with E-state index in [1.807, 2.05) is 37.3 Å². The van der Waals surface area contributed by atoms with E-state index in [1.54, 1.807) is 6.07 Å². The van der Waals surface area contributed by atoms with Crippen molar-refractivity contribution >= 4 is 21.4 Å². The fraction of sp³-hybridized carbons (Fsp3) is 0.368. The Hall–Kier alpha value is -2.25. The smallest absolute Gasteiger partial charge is 0.162 e. The molecule has 0 atom stereocenters. The number of ketones is 1. The van der Waals surface area contributed by atoms with E-state index in [2.05, 4.69) is 10.3 Å². The Labute approximate surface area is 154 Å². The number of nitrogens with one attached hydrogen (secondary N) is 1. The van der Waals surface area contributed by atoms with Gasteiger partial charge in [0.25, 0.3) is 0 Å². The summed E-state index contributed by atoms with van der Waals surface area (Å²) < 4.78 is 22.3. The predicted molar refractivity (Wildman–Crippen MR) is 104 cm³/mol. The van der Waals surface area contributed by atoms with Gasteiger partial charge in [0.15, 0.2) is 5.78 Å². The predicted octanol–water partition coefficient (Wildman–Crippen LogP) is 2.47. The van der Waals surface area contributed by atoms with E-state index in [4.69, 9.17) is 5.73 Å². The molecule has 0 spiro atoms. The minimum atomic E-state index is -3.04. The van der Waals surface area contributed by atoms with Gasteiger partial charge >= 0.3 is 0 Å². The van der Waals surface area contributed by atoms with E-state index < -0.39 is 9.84 Å². The average molecular weight is 375 g/mol. The molecule has 1 aromatic carbocycles. The molecule has 0 radical (unpaired) electrons. The Balaban J connectivity index is 1.98. The number of carbonyl (C=O) groups excluding carboxylic acids is 1. The van der Waals surface area contributed by atoms with E-state index in [0.29, 0.717) is 25.1 Å². The van der Waals surface area contributed by atoms with Gasteiger partial charge in [-0.3, -0.25) is 4.79 Å². The molecule has 7 heteroatoms. The van der Waals surface area contributed by atoms with Crippen LogP contribution in [0.15, 0.2) is 36.4 Å². The van der Waals surface area contributed by atoms with Gasteiger partial charge in [0.05, 0.1) is 5.75 Å². The van der Waals surface area contributed by atoms with Crippen LogP contribution in [0.25, 0.3) is 0 Å². The molecule has 2 aromatic rings. The number of aromatic nitrogens is 1. The fourth-order valence-corrected chi connectivity index (χ4v) is 3.30. The highest BCUT2D eigenvalue weighted by molar-refractivity contribution is 7.90. The largest absolute Gasteiger partial charge is 0.366 e. The molecule has 0 aliphatic heterocycles. The van der Waals surface area contributed by atoms with Gasteiger partial charge in [-0.15, -0.1) is 0 Å². The van der Waals surface area contributed by atoms with E-state index in [1.165, 1.54) is 6.26 Å². The molecular formula is C19H25N3O3S. The van der Waals surface area contributed by atoms with Gasteiger partial charge < -0.3 is 11.1 Å². The Morgan fingerprint density at radius 2 is 1.96 bits per heavy atom. The van der Waals surface area contributed by atoms with Gasteiger partial charge in [0, 0.05) is 37.0 Å². The molecule has 6 nitrogen and oxygen atoms in total. The lowest BCUT2D eigenvalue weighted by atomic mass is 10.0. The lowest BCUT2D eigenvalue weighted by Gasteiger charge is -2.09. The van der Waals surface area contributed by atoms with Crippen LogP contribution in [-0.2, 0) is 22.9 Å². The first-order valence-electron chi connectivity index (χ1n) is 8.48. The van der Waals surface area contributed by atoms with Crippen molar-refractivity contribution in [2.24, 2.45) is 5.73 Å². The van der Waals surface area contributed by atoms with Crippen LogP contribution in [0.5, 0.6) is 0 Å². The zero-order valence-electron chi connectivity index (χ0n) is 15.2. The van der Waals surface area contributed by atoms with E-state index in [9.17, 15) is 13.2 Å². The molecule has 0 fully saturated rings. The molecule has 3 N–H and O–H groups in total. The lowest BCUT2D eigenvalue weighted by Crippen LogP contribution is -2.08. The monoisotopic (exact) mass is 375 g/mol. The van der Waals surface area contributed by atoms with E-state index in [0.717, 1.165) is 22.6 Å². The van der Waals surface area contributed by atoms with Crippen molar-refractivity contribution in [1.82, 2.24) is 4.98 Å². The van der Waals surface area contributed by atoms with Crippen LogP contribution < -0.4 is 11.1 Å². The first-order valence-corrected chi connectivity index (χ1v) is 10.5. The SMILES string of the molecule is Cc1cc(CN)cc(NCc2cccc(C(=O)CCCS(C)(=O)=O)c2)n1. The third-order valence-corrected chi connectivity index (χ3v) is 4.92. The number of nitrogens with two attached hydrogens (primary N) is 1. The molecule has 0 unspecified atom stereocenters. The van der Waals surface area contributed by atoms with Gasteiger partial charge in [-0.05, 0) is 42.7 Å². The highest BCUT2D eigenvalue weighted by Gasteiger charge is 2.09. The summed E-state index contributed by atoms with van der Waals surface area (Å²) in [5, 5.41) is 3.25. The maximum absolute atomic E-state index is 12.2. The second kappa shape index (κ2) is 8.91. The van der Waals surface area contributed by atoms with Crippen molar-refractivity contribution in [3.8, 4) is 0 Å². The standard InChI is InChI=1S/C19H25N3O3S/c1-14-9-16(12-20)11-19(22-14)21-13-15-5-3-6-17(10-15)18(23)7-4-8-26(2,24)25/h3,5-6,9-11H,4,7-8,12-13,20H2,1-2H3,(H,21,22). The molecular weight excluding hydrogens is 350 g/mol. The number of benzene rings is 1. The number of pyridine rings is 1. The van der Waals surface area contributed by atoms with Gasteiger partial charge in [0.2, 0.25) is 0 Å². The molecule has 0 saturated heterocycles. The number of anilines is 1. The first kappa shape index (κ1) is 20.1. The van der Waals surface area contributed by atoms with Crippen LogP contribution in [0.1, 0.15) is 40.0 Å². The Bertz CT molecular complexity index is 879. The fourth-order valence-electron chi connectivity index (χ4n) is 2.64. The van der Waals surface area contributed by atoms with Crippen LogP contribution in [0.4, 0.5) is 5.82 Å². The van der Waals surface area contributed by atoms with E-state index in [-0.39, 0.29) is 18.0 Å². The zero-order chi connectivity index (χ0) is 19.2. The second-order valence-corrected chi connectivity index (χ2v) is 8.68. The molecule has 26 heavy (non-hydrogen) atoms. The number of hydrogen-bond donors (Lipinski definition) is 2. The quantitative estimate of drug-likeness (QED) is 0.653. The minimum Gasteiger partial charge on any atom is -0.366 e. The molecule has 1 heterocycles. The van der Waals surface area contributed by atoms with Crippen LogP contribution in [0, 0.1) is 6.92 Å². The molecule has 0 aliphatic carbocycles. The summed E-state index contributed by atoms with van der Waals surface area (Å²) in [5.74, 6) is 0.729. The lowest BCUT2D eigenvalue weighted by molar-refractivity contribution is 0.0982. The first-order chi connectivity index (χ1) is 12.3. The number of rotatable bonds is 9. The van der Waals surface area contributed by atoms with Gasteiger partial charge in [-0.25, -0.2) is 13.4 Å². The summed E-state index contributed by atoms with van der Waals surface area (Å²) in [7, 11) is -3.04. The molecule has 1 aromatic heterocycles. The summed E-state index contributed by atoms with van der Waals surface area (Å²) in [6.45, 7) is 2.90. The number of hydrogen-bond acceptors (Lipinski definition) is 6. The van der Waals surface area contributed by atoms with Crippen LogP contribution in [-0.4, -0.2) is 31.2 Å². The maximum atomic E-state index is 12.2. The molecule has 0 bridgehead atoms. The van der Waals surface area contributed by atoms with Crippen molar-refractivity contribution in [3.05, 3.63) is 58.8 Å². The van der Waals surface area contributed by atoms with Gasteiger partial charge in [0.1, 0.15) is 15.7 Å². The highest BCUT2D eigenvalue weighted by atomic mass is 32.2. The third kappa shape index (κ3) is 6.57. The minimum absolute atomic E-state index is 0.0302. The molecule has 0 amide bonds. The Kier molecular flexibility index (Phi) is 6.88. The molecule has 0 aliphatic rings. The van der Waals surface area contributed by atoms with E-state index >= 15 is 0 Å². The number of Topliss-reactive ketones (excluding diaryl/α,β-unsaturated/α-hetero) is 1. The number of sulfone groups is 1. The molecule has 2 rings (SSSR count). The number of aryl methyl sites for hydroxylation is 1. The summed E-state index contributed by atoms with van der Waals surface area (Å²) in [5.41, 5.74) is 9.14. The van der Waals surface area contributed by atoms with Crippen LogP contribution in [0.3, 0.4) is 0 Å². The molecule has 140 valence electrons. The van der Waals surface area contributed by atoms with Crippen molar-refractivity contribution in [2.45, 2.75) is 32.9 Å². The Morgan fingerprint density at radius 1 is 1.19 bits per heavy atom. The van der Waals surface area contributed by atoms with Crippen LogP contribution in [0.2, 0.25) is 0 Å². The maximum Gasteiger partial charge on any atom is 0.162 e. The van der Waals surface area contributed by atoms with Crippen molar-refractivity contribution in [3.63, 3.8) is 0 Å². The average Bonchev–Trinajstić information content (AvgIpc) is 2.58. The van der Waals surface area contributed by atoms with Crippen molar-refractivity contribution in [2.75, 3.05) is 17.3 Å². The number of nitrogens with zero attached hydrogens (tertiary/aromatic N) is 1. The zero-order valence-corrected chi connectivity index (χ0v) is 16.0. The highest BCUT2D eigenvalue weighted by Crippen LogP contribution is 2.14. The second-order valence-electron chi connectivity index (χ2n) is 6.42. The summed E-state index contributed by atoms with van der Waals surface area (Å²) in [6.07, 6.45) is 1.75. The summed E-state index contributed by atoms with van der Waals surface area (Å²) >= 11 is 0. The summed E-state index contributed by atoms with van der Waals surface area (Å²) in [6, 6.07) is 11.2. The van der Waals surface area contributed by atoms with Crippen molar-refractivity contribution < 1.29 is 13.2 Å². The van der Waals surface area contributed by atoms with Gasteiger partial charge in [-0.1, -0.05) is 18.2 Å². The summed E-state index contributed by atoms with van der Waals surface area (Å²) in [4.78, 5) is 16.7. The van der Waals surface area contributed by atoms with Gasteiger partial charge in [-0.2, -0.15) is 0 Å². The number of carbonyl (C=O) groups is 1. The van der Waals surface area contributed by atoms with Crippen LogP contribution >= 0.6 is 0 Å². The topological polar surface area (TPSA) is 102 Å².